The largest absolute Gasteiger partial charge is 0.362 e. The van der Waals surface area contributed by atoms with E-state index < -0.39 is 34.9 Å². The molecule has 0 aromatic heterocycles. The van der Waals surface area contributed by atoms with Gasteiger partial charge in [0, 0.05) is 24.3 Å². The van der Waals surface area contributed by atoms with Gasteiger partial charge in [-0.1, -0.05) is 0 Å². The van der Waals surface area contributed by atoms with E-state index in [1.165, 1.54) is 61.0 Å². The minimum Gasteiger partial charge on any atom is -0.362 e. The van der Waals surface area contributed by atoms with E-state index in [-0.39, 0.29) is 11.4 Å². The fourth-order valence-corrected chi connectivity index (χ4v) is 2.02. The molecule has 13 nitrogen and oxygen atoms in total. The monoisotopic (exact) mass is 428 g/mol. The number of ether oxygens (including phenoxy) is 1. The molecule has 0 aliphatic heterocycles. The van der Waals surface area contributed by atoms with Crippen LogP contribution in [0.3, 0.4) is 0 Å². The number of nitro groups is 2. The van der Waals surface area contributed by atoms with E-state index >= 15 is 0 Å². The summed E-state index contributed by atoms with van der Waals surface area (Å²) in [7, 11) is 0. The van der Waals surface area contributed by atoms with Crippen molar-refractivity contribution in [1.29, 1.82) is 0 Å². The molecule has 0 fully saturated rings. The highest BCUT2D eigenvalue weighted by atomic mass is 16.6. The molecule has 2 rings (SSSR count). The van der Waals surface area contributed by atoms with Gasteiger partial charge >= 0.3 is 0 Å². The van der Waals surface area contributed by atoms with Crippen molar-refractivity contribution in [3.8, 4) is 0 Å². The van der Waals surface area contributed by atoms with Crippen molar-refractivity contribution in [3.05, 3.63) is 79.9 Å². The van der Waals surface area contributed by atoms with Crippen molar-refractivity contribution >= 4 is 35.6 Å². The van der Waals surface area contributed by atoms with Gasteiger partial charge in [-0.2, -0.15) is 10.2 Å². The molecule has 0 atom stereocenters. The molecule has 2 amide bonds. The Bertz CT molecular complexity index is 922. The van der Waals surface area contributed by atoms with Gasteiger partial charge in [-0.15, -0.1) is 0 Å². The molecule has 2 aromatic rings. The first-order valence-electron chi connectivity index (χ1n) is 8.55. The Morgan fingerprint density at radius 1 is 0.774 bits per heavy atom. The molecule has 160 valence electrons. The molecule has 13 heteroatoms. The van der Waals surface area contributed by atoms with E-state index in [0.717, 1.165) is 0 Å². The number of hydrogen-bond donors (Lipinski definition) is 2. The third-order valence-electron chi connectivity index (χ3n) is 3.48. The van der Waals surface area contributed by atoms with Crippen LogP contribution in [0.4, 0.5) is 11.4 Å². The lowest BCUT2D eigenvalue weighted by Crippen LogP contribution is -2.28. The first-order valence-corrected chi connectivity index (χ1v) is 8.55. The molecule has 0 heterocycles. The fraction of sp³-hybridized carbons (Fsp3) is 0.111. The summed E-state index contributed by atoms with van der Waals surface area (Å²) in [5.41, 5.74) is 5.31. The van der Waals surface area contributed by atoms with Crippen LogP contribution in [0.2, 0.25) is 0 Å². The maximum absolute atomic E-state index is 11.6. The standard InChI is InChI=1S/C18H16N6O7/c25-17(21-19-9-13-1-5-15(6-2-13)23(27)28)11-31-12-18(26)22-20-10-14-3-7-16(8-4-14)24(29)30/h1-10H,11-12H2,(H,21,25)(H,22,26)/b19-9-,20-10-. The summed E-state index contributed by atoms with van der Waals surface area (Å²) < 4.78 is 4.93. The number of hydrogen-bond acceptors (Lipinski definition) is 9. The Hall–Kier alpha value is -4.52. The molecule has 31 heavy (non-hydrogen) atoms. The molecule has 2 aromatic carbocycles. The molecule has 0 saturated carbocycles. The smallest absolute Gasteiger partial charge is 0.269 e. The number of nitrogens with one attached hydrogen (secondary N) is 2. The number of rotatable bonds is 10. The normalized spacial score (nSPS) is 10.8. The summed E-state index contributed by atoms with van der Waals surface area (Å²) in [5, 5.41) is 28.5. The lowest BCUT2D eigenvalue weighted by atomic mass is 10.2. The number of carbonyl (C=O) groups is 2. The van der Waals surface area contributed by atoms with Gasteiger partial charge in [0.05, 0.1) is 22.3 Å². The highest BCUT2D eigenvalue weighted by molar-refractivity contribution is 5.84. The highest BCUT2D eigenvalue weighted by Gasteiger charge is 2.05. The van der Waals surface area contributed by atoms with Gasteiger partial charge in [0.2, 0.25) is 0 Å². The zero-order valence-electron chi connectivity index (χ0n) is 15.8. The van der Waals surface area contributed by atoms with Crippen LogP contribution in [-0.2, 0) is 14.3 Å². The molecule has 2 N–H and O–H groups in total. The third kappa shape index (κ3) is 8.16. The topological polar surface area (TPSA) is 178 Å². The van der Waals surface area contributed by atoms with E-state index in [1.54, 1.807) is 0 Å². The molecule has 0 bridgehead atoms. The van der Waals surface area contributed by atoms with Crippen LogP contribution in [0.5, 0.6) is 0 Å². The molecule has 0 radical (unpaired) electrons. The average Bonchev–Trinajstić information content (AvgIpc) is 2.74. The Balaban J connectivity index is 1.65. The quantitative estimate of drug-likeness (QED) is 0.323. The van der Waals surface area contributed by atoms with Crippen molar-refractivity contribution in [2.75, 3.05) is 13.2 Å². The molecule has 0 aliphatic rings. The summed E-state index contributed by atoms with van der Waals surface area (Å²) >= 11 is 0. The van der Waals surface area contributed by atoms with Crippen molar-refractivity contribution in [3.63, 3.8) is 0 Å². The summed E-state index contributed by atoms with van der Waals surface area (Å²) in [6.45, 7) is -0.867. The van der Waals surface area contributed by atoms with Crippen LogP contribution in [0.1, 0.15) is 11.1 Å². The van der Waals surface area contributed by atoms with E-state index in [0.29, 0.717) is 11.1 Å². The Morgan fingerprint density at radius 2 is 1.13 bits per heavy atom. The second-order valence-electron chi connectivity index (χ2n) is 5.78. The van der Waals surface area contributed by atoms with Crippen molar-refractivity contribution < 1.29 is 24.2 Å². The van der Waals surface area contributed by atoms with E-state index in [1.807, 2.05) is 0 Å². The fourth-order valence-electron chi connectivity index (χ4n) is 2.02. The van der Waals surface area contributed by atoms with Crippen LogP contribution >= 0.6 is 0 Å². The van der Waals surface area contributed by atoms with Crippen LogP contribution in [-0.4, -0.2) is 47.3 Å². The number of carbonyl (C=O) groups excluding carboxylic acids is 2. The molecular formula is C18H16N6O7. The lowest BCUT2D eigenvalue weighted by Gasteiger charge is -2.02. The van der Waals surface area contributed by atoms with E-state index in [2.05, 4.69) is 21.1 Å². The SMILES string of the molecule is O=C(COCC(=O)N/N=C\c1ccc([N+](=O)[O-])cc1)N/N=C\c1ccc([N+](=O)[O-])cc1. The molecule has 0 aliphatic carbocycles. The zero-order chi connectivity index (χ0) is 22.6. The summed E-state index contributed by atoms with van der Waals surface area (Å²) in [6, 6.07) is 11.1. The summed E-state index contributed by atoms with van der Waals surface area (Å²) in [4.78, 5) is 43.2. The van der Waals surface area contributed by atoms with E-state index in [4.69, 9.17) is 4.74 Å². The molecular weight excluding hydrogens is 412 g/mol. The van der Waals surface area contributed by atoms with Crippen LogP contribution < -0.4 is 10.9 Å². The molecule has 0 spiro atoms. The number of nitrogens with zero attached hydrogens (tertiary/aromatic N) is 4. The van der Waals surface area contributed by atoms with Gasteiger partial charge < -0.3 is 4.74 Å². The molecule has 0 saturated heterocycles. The number of nitro benzene ring substituents is 2. The maximum atomic E-state index is 11.6. The second-order valence-corrected chi connectivity index (χ2v) is 5.78. The Labute approximate surface area is 174 Å². The van der Waals surface area contributed by atoms with E-state index in [9.17, 15) is 29.8 Å². The van der Waals surface area contributed by atoms with Crippen LogP contribution in [0.15, 0.2) is 58.7 Å². The van der Waals surface area contributed by atoms with Crippen molar-refractivity contribution in [1.82, 2.24) is 10.9 Å². The number of benzene rings is 2. The summed E-state index contributed by atoms with van der Waals surface area (Å²) in [6.07, 6.45) is 2.59. The first kappa shape index (κ1) is 22.8. The number of amides is 2. The third-order valence-corrected chi connectivity index (χ3v) is 3.48. The number of non-ortho nitro benzene ring substituents is 2. The lowest BCUT2D eigenvalue weighted by molar-refractivity contribution is -0.385. The minimum atomic E-state index is -0.611. The van der Waals surface area contributed by atoms with Crippen LogP contribution in [0, 0.1) is 20.2 Å². The Kier molecular flexibility index (Phi) is 8.43. The first-order chi connectivity index (χ1) is 14.8. The number of hydrazone groups is 2. The van der Waals surface area contributed by atoms with Crippen molar-refractivity contribution in [2.24, 2.45) is 10.2 Å². The maximum Gasteiger partial charge on any atom is 0.269 e. The predicted octanol–water partition coefficient (Wildman–Crippen LogP) is 1.12. The van der Waals surface area contributed by atoms with Gasteiger partial charge in [0.1, 0.15) is 13.2 Å². The highest BCUT2D eigenvalue weighted by Crippen LogP contribution is 2.11. The van der Waals surface area contributed by atoms with Gasteiger partial charge in [0.25, 0.3) is 23.2 Å². The van der Waals surface area contributed by atoms with Gasteiger partial charge in [-0.05, 0) is 35.4 Å². The van der Waals surface area contributed by atoms with Crippen LogP contribution in [0.25, 0.3) is 0 Å². The zero-order valence-corrected chi connectivity index (χ0v) is 15.8. The summed E-state index contributed by atoms with van der Waals surface area (Å²) in [5.74, 6) is -1.22. The average molecular weight is 428 g/mol. The Morgan fingerprint density at radius 3 is 1.45 bits per heavy atom. The van der Waals surface area contributed by atoms with Crippen molar-refractivity contribution in [2.45, 2.75) is 0 Å². The minimum absolute atomic E-state index is 0.0649. The molecule has 0 unspecified atom stereocenters. The van der Waals surface area contributed by atoms with Gasteiger partial charge in [-0.25, -0.2) is 10.9 Å². The second kappa shape index (κ2) is 11.5. The van der Waals surface area contributed by atoms with Gasteiger partial charge in [0.15, 0.2) is 0 Å². The predicted molar refractivity (Wildman–Crippen MR) is 108 cm³/mol. The van der Waals surface area contributed by atoms with Gasteiger partial charge in [-0.3, -0.25) is 29.8 Å².